The summed E-state index contributed by atoms with van der Waals surface area (Å²) in [6.45, 7) is 4.47. The van der Waals surface area contributed by atoms with Gasteiger partial charge in [0, 0.05) is 19.2 Å². The first-order valence-electron chi connectivity index (χ1n) is 8.25. The van der Waals surface area contributed by atoms with Crippen LogP contribution in [0.2, 0.25) is 0 Å². The van der Waals surface area contributed by atoms with Crippen molar-refractivity contribution in [2.24, 2.45) is 0 Å². The first-order valence-corrected chi connectivity index (χ1v) is 8.25. The van der Waals surface area contributed by atoms with E-state index in [9.17, 15) is 14.4 Å². The topological polar surface area (TPSA) is 94.2 Å². The van der Waals surface area contributed by atoms with Crippen LogP contribution in [0.25, 0.3) is 6.08 Å². The number of nitrogens with one attached hydrogen (secondary N) is 1. The van der Waals surface area contributed by atoms with E-state index in [4.69, 9.17) is 14.2 Å². The Bertz CT molecular complexity index is 716. The third-order valence-corrected chi connectivity index (χ3v) is 3.66. The van der Waals surface area contributed by atoms with Crippen molar-refractivity contribution < 1.29 is 28.6 Å². The summed E-state index contributed by atoms with van der Waals surface area (Å²) in [6.07, 6.45) is 1.70. The van der Waals surface area contributed by atoms with Gasteiger partial charge in [-0.25, -0.2) is 9.59 Å². The van der Waals surface area contributed by atoms with Gasteiger partial charge in [-0.05, 0) is 37.6 Å². The summed E-state index contributed by atoms with van der Waals surface area (Å²) in [5.74, 6) is -0.0772. The Balaban J connectivity index is 1.96. The molecule has 1 fully saturated rings. The molecule has 0 unspecified atom stereocenters. The van der Waals surface area contributed by atoms with Gasteiger partial charge in [0.25, 0.3) is 5.91 Å². The van der Waals surface area contributed by atoms with Gasteiger partial charge in [0.05, 0.1) is 13.7 Å². The lowest BCUT2D eigenvalue weighted by atomic mass is 10.2. The van der Waals surface area contributed by atoms with Crippen LogP contribution >= 0.6 is 0 Å². The maximum Gasteiger partial charge on any atom is 0.331 e. The number of esters is 1. The number of hydrogen-bond acceptors (Lipinski definition) is 6. The predicted octanol–water partition coefficient (Wildman–Crippen LogP) is 1.59. The minimum Gasteiger partial charge on any atom is -0.493 e. The van der Waals surface area contributed by atoms with Gasteiger partial charge >= 0.3 is 12.0 Å². The lowest BCUT2D eigenvalue weighted by Crippen LogP contribution is -2.41. The van der Waals surface area contributed by atoms with E-state index < -0.39 is 24.0 Å². The molecule has 0 radical (unpaired) electrons. The summed E-state index contributed by atoms with van der Waals surface area (Å²) in [6, 6.07) is 4.75. The Morgan fingerprint density at radius 1 is 1.35 bits per heavy atom. The van der Waals surface area contributed by atoms with E-state index in [0.29, 0.717) is 30.2 Å². The Morgan fingerprint density at radius 2 is 2.12 bits per heavy atom. The standard InChI is InChI=1S/C18H22N2O6/c1-4-25-14-7-5-13(11-15(14)24-3)6-8-16(21)26-12(2)17(22)20-10-9-19-18(20)23/h5-8,11-12H,4,9-10H2,1-3H3,(H,19,23)/b8-6+/t12-/m1/s1. The number of carbonyl (C=O) groups excluding carboxylic acids is 3. The highest BCUT2D eigenvalue weighted by Gasteiger charge is 2.31. The molecule has 1 saturated heterocycles. The largest absolute Gasteiger partial charge is 0.493 e. The monoisotopic (exact) mass is 362 g/mol. The van der Waals surface area contributed by atoms with Crippen molar-refractivity contribution in [3.63, 3.8) is 0 Å². The molecule has 1 heterocycles. The van der Waals surface area contributed by atoms with E-state index in [1.165, 1.54) is 20.1 Å². The molecule has 1 aliphatic heterocycles. The third kappa shape index (κ3) is 4.75. The second-order valence-corrected chi connectivity index (χ2v) is 5.48. The normalized spacial score (nSPS) is 14.9. The van der Waals surface area contributed by atoms with Crippen molar-refractivity contribution in [3.05, 3.63) is 29.8 Å². The van der Waals surface area contributed by atoms with Gasteiger partial charge < -0.3 is 19.5 Å². The zero-order valence-electron chi connectivity index (χ0n) is 15.0. The Hall–Kier alpha value is -3.03. The molecule has 0 aliphatic carbocycles. The van der Waals surface area contributed by atoms with Crippen molar-refractivity contribution in [1.29, 1.82) is 0 Å². The van der Waals surface area contributed by atoms with Crippen LogP contribution in [0.1, 0.15) is 19.4 Å². The molecule has 1 aliphatic rings. The number of rotatable bonds is 7. The molecule has 1 atom stereocenters. The average Bonchev–Trinajstić information content (AvgIpc) is 3.06. The fraction of sp³-hybridized carbons (Fsp3) is 0.389. The van der Waals surface area contributed by atoms with Gasteiger partial charge in [-0.3, -0.25) is 9.69 Å². The van der Waals surface area contributed by atoms with Gasteiger partial charge in [-0.15, -0.1) is 0 Å². The van der Waals surface area contributed by atoms with E-state index in [0.717, 1.165) is 4.90 Å². The highest BCUT2D eigenvalue weighted by atomic mass is 16.5. The number of hydrogen-bond donors (Lipinski definition) is 1. The Morgan fingerprint density at radius 3 is 2.73 bits per heavy atom. The molecule has 2 rings (SSSR count). The number of methoxy groups -OCH3 is 1. The van der Waals surface area contributed by atoms with E-state index in [2.05, 4.69) is 5.32 Å². The summed E-state index contributed by atoms with van der Waals surface area (Å²) >= 11 is 0. The van der Waals surface area contributed by atoms with Crippen molar-refractivity contribution in [2.75, 3.05) is 26.8 Å². The number of ether oxygens (including phenoxy) is 3. The molecule has 0 aromatic heterocycles. The van der Waals surface area contributed by atoms with Gasteiger partial charge in [0.1, 0.15) is 0 Å². The molecule has 140 valence electrons. The SMILES string of the molecule is CCOc1ccc(/C=C/C(=O)O[C@H](C)C(=O)N2CCNC2=O)cc1OC. The van der Waals surface area contributed by atoms with Crippen LogP contribution < -0.4 is 14.8 Å². The summed E-state index contributed by atoms with van der Waals surface area (Å²) in [5, 5.41) is 2.52. The molecular weight excluding hydrogens is 340 g/mol. The van der Waals surface area contributed by atoms with E-state index in [1.807, 2.05) is 6.92 Å². The van der Waals surface area contributed by atoms with Crippen molar-refractivity contribution in [3.8, 4) is 11.5 Å². The van der Waals surface area contributed by atoms with Crippen LogP contribution in [0.5, 0.6) is 11.5 Å². The van der Waals surface area contributed by atoms with Crippen molar-refractivity contribution in [1.82, 2.24) is 10.2 Å². The van der Waals surface area contributed by atoms with E-state index in [1.54, 1.807) is 24.3 Å². The van der Waals surface area contributed by atoms with Crippen LogP contribution in [0.3, 0.4) is 0 Å². The predicted molar refractivity (Wildman–Crippen MR) is 93.9 cm³/mol. The number of amides is 3. The lowest BCUT2D eigenvalue weighted by molar-refractivity contribution is -0.153. The third-order valence-electron chi connectivity index (χ3n) is 3.66. The molecule has 0 bridgehead atoms. The van der Waals surface area contributed by atoms with Crippen molar-refractivity contribution in [2.45, 2.75) is 20.0 Å². The second kappa shape index (κ2) is 8.89. The number of benzene rings is 1. The van der Waals surface area contributed by atoms with Crippen LogP contribution in [-0.4, -0.2) is 55.7 Å². The molecule has 0 spiro atoms. The summed E-state index contributed by atoms with van der Waals surface area (Å²) in [4.78, 5) is 36.5. The van der Waals surface area contributed by atoms with Crippen LogP contribution in [0.15, 0.2) is 24.3 Å². The minimum absolute atomic E-state index is 0.265. The molecule has 26 heavy (non-hydrogen) atoms. The smallest absolute Gasteiger partial charge is 0.331 e. The van der Waals surface area contributed by atoms with Gasteiger partial charge in [0.15, 0.2) is 17.6 Å². The van der Waals surface area contributed by atoms with Gasteiger partial charge in [0.2, 0.25) is 0 Å². The number of urea groups is 1. The fourth-order valence-corrected chi connectivity index (χ4v) is 2.39. The number of carbonyl (C=O) groups is 3. The highest BCUT2D eigenvalue weighted by Crippen LogP contribution is 2.28. The van der Waals surface area contributed by atoms with E-state index in [-0.39, 0.29) is 6.54 Å². The molecule has 0 saturated carbocycles. The Kier molecular flexibility index (Phi) is 6.60. The molecule has 8 nitrogen and oxygen atoms in total. The van der Waals surface area contributed by atoms with Crippen molar-refractivity contribution >= 4 is 24.0 Å². The van der Waals surface area contributed by atoms with Gasteiger partial charge in [-0.1, -0.05) is 6.07 Å². The Labute approximate surface area is 151 Å². The molecule has 1 aromatic rings. The summed E-state index contributed by atoms with van der Waals surface area (Å²) in [5.41, 5.74) is 0.708. The fourth-order valence-electron chi connectivity index (χ4n) is 2.39. The number of imide groups is 1. The zero-order chi connectivity index (χ0) is 19.1. The van der Waals surface area contributed by atoms with Gasteiger partial charge in [-0.2, -0.15) is 0 Å². The lowest BCUT2D eigenvalue weighted by Gasteiger charge is -2.17. The summed E-state index contributed by atoms with van der Waals surface area (Å²) < 4.78 is 15.7. The zero-order valence-corrected chi connectivity index (χ0v) is 15.0. The van der Waals surface area contributed by atoms with E-state index >= 15 is 0 Å². The minimum atomic E-state index is -1.05. The first-order chi connectivity index (χ1) is 12.5. The maximum absolute atomic E-state index is 12.1. The molecular formula is C18H22N2O6. The summed E-state index contributed by atoms with van der Waals surface area (Å²) in [7, 11) is 1.53. The average molecular weight is 362 g/mol. The number of nitrogens with zero attached hydrogens (tertiary/aromatic N) is 1. The van der Waals surface area contributed by atoms with Crippen LogP contribution in [0, 0.1) is 0 Å². The quantitative estimate of drug-likeness (QED) is 0.585. The second-order valence-electron chi connectivity index (χ2n) is 5.48. The highest BCUT2D eigenvalue weighted by molar-refractivity contribution is 5.99. The molecule has 1 N–H and O–H groups in total. The maximum atomic E-state index is 12.1. The van der Waals surface area contributed by atoms with Crippen LogP contribution in [0.4, 0.5) is 4.79 Å². The molecule has 3 amide bonds. The first kappa shape index (κ1) is 19.3. The van der Waals surface area contributed by atoms with Crippen LogP contribution in [-0.2, 0) is 14.3 Å². The molecule has 8 heteroatoms. The molecule has 1 aromatic carbocycles.